The van der Waals surface area contributed by atoms with Gasteiger partial charge in [-0.25, -0.2) is 4.39 Å². The molecule has 1 N–H and O–H groups in total. The van der Waals surface area contributed by atoms with Crippen LogP contribution in [0.25, 0.3) is 0 Å². The second kappa shape index (κ2) is 9.29. The van der Waals surface area contributed by atoms with Gasteiger partial charge in [-0.3, -0.25) is 4.79 Å². The maximum atomic E-state index is 13.9. The largest absolute Gasteiger partial charge is 0.511 e. The average Bonchev–Trinajstić information content (AvgIpc) is 2.49. The average molecular weight is 391 g/mol. The van der Waals surface area contributed by atoms with Crippen molar-refractivity contribution in [1.29, 1.82) is 0 Å². The van der Waals surface area contributed by atoms with Crippen LogP contribution in [0.4, 0.5) is 8.78 Å². The van der Waals surface area contributed by atoms with Gasteiger partial charge in [-0.15, -0.1) is 0 Å². The van der Waals surface area contributed by atoms with Crippen LogP contribution >= 0.6 is 15.9 Å². The molecule has 23 heavy (non-hydrogen) atoms. The third-order valence-corrected chi connectivity index (χ3v) is 3.41. The molecule has 1 aromatic rings. The Hall–Kier alpha value is -1.89. The maximum Gasteiger partial charge on any atom is 0.310 e. The molecule has 0 spiro atoms. The number of halogens is 3. The first-order chi connectivity index (χ1) is 10.9. The van der Waals surface area contributed by atoms with Gasteiger partial charge in [0.1, 0.15) is 17.3 Å². The number of esters is 1. The van der Waals surface area contributed by atoms with E-state index in [9.17, 15) is 18.7 Å². The molecule has 0 amide bonds. The van der Waals surface area contributed by atoms with Gasteiger partial charge in [0.15, 0.2) is 0 Å². The van der Waals surface area contributed by atoms with Gasteiger partial charge in [0.2, 0.25) is 0 Å². The lowest BCUT2D eigenvalue weighted by Gasteiger charge is -2.10. The number of benzene rings is 1. The Balaban J connectivity index is 3.00. The number of carbonyl (C=O) groups excluding carboxylic acids is 1. The number of hydrogen-bond acceptors (Lipinski definition) is 4. The highest BCUT2D eigenvalue weighted by Crippen LogP contribution is 2.25. The Kier molecular flexibility index (Phi) is 7.74. The molecule has 0 bridgehead atoms. The van der Waals surface area contributed by atoms with Crippen molar-refractivity contribution in [2.45, 2.75) is 26.7 Å². The first-order valence-electron chi connectivity index (χ1n) is 6.94. The molecule has 0 atom stereocenters. The SMILES string of the molecule is CCOC(=O)Cc1ccc(F)cc1O/C(F)=C/C(Br)=C(/O)CC. The Morgan fingerprint density at radius 1 is 1.39 bits per heavy atom. The zero-order chi connectivity index (χ0) is 17.4. The highest BCUT2D eigenvalue weighted by atomic mass is 79.9. The molecule has 0 aliphatic heterocycles. The molecule has 4 nitrogen and oxygen atoms in total. The quantitative estimate of drug-likeness (QED) is 0.416. The number of hydrogen-bond donors (Lipinski definition) is 1. The lowest BCUT2D eigenvalue weighted by Crippen LogP contribution is -2.09. The van der Waals surface area contributed by atoms with Crippen molar-refractivity contribution in [3.05, 3.63) is 51.9 Å². The summed E-state index contributed by atoms with van der Waals surface area (Å²) in [5.41, 5.74) is 0.285. The summed E-state index contributed by atoms with van der Waals surface area (Å²) >= 11 is 3.00. The van der Waals surface area contributed by atoms with E-state index < -0.39 is 17.8 Å². The van der Waals surface area contributed by atoms with E-state index in [0.29, 0.717) is 6.42 Å². The summed E-state index contributed by atoms with van der Waals surface area (Å²) in [5, 5.41) is 9.46. The van der Waals surface area contributed by atoms with E-state index >= 15 is 0 Å². The highest BCUT2D eigenvalue weighted by molar-refractivity contribution is 9.11. The van der Waals surface area contributed by atoms with Gasteiger partial charge in [0.05, 0.1) is 17.5 Å². The van der Waals surface area contributed by atoms with Crippen LogP contribution in [-0.2, 0) is 16.0 Å². The first-order valence-corrected chi connectivity index (χ1v) is 7.73. The summed E-state index contributed by atoms with van der Waals surface area (Å²) in [7, 11) is 0. The van der Waals surface area contributed by atoms with Crippen LogP contribution < -0.4 is 4.74 Å². The molecule has 1 aromatic carbocycles. The van der Waals surface area contributed by atoms with E-state index in [1.54, 1.807) is 13.8 Å². The van der Waals surface area contributed by atoms with Crippen molar-refractivity contribution in [2.75, 3.05) is 6.61 Å². The van der Waals surface area contributed by atoms with Crippen LogP contribution in [0, 0.1) is 5.82 Å². The fourth-order valence-corrected chi connectivity index (χ4v) is 2.08. The topological polar surface area (TPSA) is 55.8 Å². The molecule has 0 saturated carbocycles. The third-order valence-electron chi connectivity index (χ3n) is 2.73. The van der Waals surface area contributed by atoms with Crippen molar-refractivity contribution in [1.82, 2.24) is 0 Å². The Morgan fingerprint density at radius 2 is 2.09 bits per heavy atom. The second-order valence-corrected chi connectivity index (χ2v) is 5.29. The van der Waals surface area contributed by atoms with Crippen LogP contribution in [0.1, 0.15) is 25.8 Å². The fourth-order valence-electron chi connectivity index (χ4n) is 1.62. The first kappa shape index (κ1) is 19.2. The number of allylic oxidation sites excluding steroid dienone is 3. The van der Waals surface area contributed by atoms with E-state index in [2.05, 4.69) is 15.9 Å². The van der Waals surface area contributed by atoms with E-state index in [4.69, 9.17) is 9.47 Å². The summed E-state index contributed by atoms with van der Waals surface area (Å²) < 4.78 is 37.0. The number of aliphatic hydroxyl groups is 1. The minimum Gasteiger partial charge on any atom is -0.511 e. The summed E-state index contributed by atoms with van der Waals surface area (Å²) in [6.07, 6.45) is 1.05. The Labute approximate surface area is 141 Å². The lowest BCUT2D eigenvalue weighted by atomic mass is 10.1. The molecule has 126 valence electrons. The van der Waals surface area contributed by atoms with Gasteiger partial charge in [-0.05, 0) is 28.9 Å². The molecule has 0 radical (unpaired) electrons. The Bertz CT molecular complexity index is 627. The predicted octanol–water partition coefficient (Wildman–Crippen LogP) is 4.70. The molecule has 7 heteroatoms. The van der Waals surface area contributed by atoms with Crippen molar-refractivity contribution in [3.8, 4) is 5.75 Å². The molecular formula is C16H17BrF2O4. The van der Waals surface area contributed by atoms with Crippen molar-refractivity contribution in [2.24, 2.45) is 0 Å². The number of rotatable bonds is 7. The monoisotopic (exact) mass is 390 g/mol. The van der Waals surface area contributed by atoms with Crippen molar-refractivity contribution < 1.29 is 28.2 Å². The molecule has 0 heterocycles. The van der Waals surface area contributed by atoms with E-state index in [1.807, 2.05) is 0 Å². The molecular weight excluding hydrogens is 374 g/mol. The summed E-state index contributed by atoms with van der Waals surface area (Å²) in [6, 6.07) is 2.37. The summed E-state index contributed by atoms with van der Waals surface area (Å²) in [6.45, 7) is 3.55. The van der Waals surface area contributed by atoms with Crippen LogP contribution in [0.15, 0.2) is 40.5 Å². The molecule has 0 aliphatic rings. The maximum absolute atomic E-state index is 13.9. The van der Waals surface area contributed by atoms with Crippen molar-refractivity contribution >= 4 is 21.9 Å². The highest BCUT2D eigenvalue weighted by Gasteiger charge is 2.13. The number of aliphatic hydroxyl groups excluding tert-OH is 1. The lowest BCUT2D eigenvalue weighted by molar-refractivity contribution is -0.142. The Morgan fingerprint density at radius 3 is 2.70 bits per heavy atom. The minimum atomic E-state index is -1.06. The number of ether oxygens (including phenoxy) is 2. The van der Waals surface area contributed by atoms with Crippen LogP contribution in [0.2, 0.25) is 0 Å². The van der Waals surface area contributed by atoms with Gasteiger partial charge >= 0.3 is 5.97 Å². The van der Waals surface area contributed by atoms with Gasteiger partial charge in [0.25, 0.3) is 6.01 Å². The van der Waals surface area contributed by atoms with Crippen molar-refractivity contribution in [3.63, 3.8) is 0 Å². The van der Waals surface area contributed by atoms with Crippen LogP contribution in [0.5, 0.6) is 5.75 Å². The van der Waals surface area contributed by atoms with E-state index in [0.717, 1.165) is 18.2 Å². The molecule has 0 saturated heterocycles. The molecule has 1 rings (SSSR count). The minimum absolute atomic E-state index is 0.0604. The molecule has 0 fully saturated rings. The molecule has 0 unspecified atom stereocenters. The fraction of sp³-hybridized carbons (Fsp3) is 0.312. The summed E-state index contributed by atoms with van der Waals surface area (Å²) in [4.78, 5) is 11.5. The van der Waals surface area contributed by atoms with Crippen LogP contribution in [-0.4, -0.2) is 17.7 Å². The summed E-state index contributed by atoms with van der Waals surface area (Å²) in [5.74, 6) is -1.36. The van der Waals surface area contributed by atoms with Gasteiger partial charge < -0.3 is 14.6 Å². The van der Waals surface area contributed by atoms with E-state index in [-0.39, 0.29) is 34.6 Å². The predicted molar refractivity (Wildman–Crippen MR) is 85.4 cm³/mol. The smallest absolute Gasteiger partial charge is 0.310 e. The van der Waals surface area contributed by atoms with Gasteiger partial charge in [-0.2, -0.15) is 4.39 Å². The number of carbonyl (C=O) groups is 1. The van der Waals surface area contributed by atoms with Gasteiger partial charge in [-0.1, -0.05) is 13.0 Å². The third kappa shape index (κ3) is 6.40. The standard InChI is InChI=1S/C16H17BrF2O4/c1-3-13(20)12(17)9-15(19)23-14-8-11(18)6-5-10(14)7-16(21)22-4-2/h5-6,8-9,20H,3-4,7H2,1-2H3/b13-12-,15-9+. The van der Waals surface area contributed by atoms with E-state index in [1.165, 1.54) is 6.07 Å². The zero-order valence-corrected chi connectivity index (χ0v) is 14.3. The molecule has 0 aliphatic carbocycles. The second-order valence-electron chi connectivity index (χ2n) is 4.43. The van der Waals surface area contributed by atoms with Crippen LogP contribution in [0.3, 0.4) is 0 Å². The zero-order valence-electron chi connectivity index (χ0n) is 12.7. The molecule has 0 aromatic heterocycles. The normalized spacial score (nSPS) is 12.7. The van der Waals surface area contributed by atoms with Gasteiger partial charge in [0, 0.05) is 24.1 Å².